The first-order valence-electron chi connectivity index (χ1n) is 15.1. The second-order valence-corrected chi connectivity index (χ2v) is 12.3. The van der Waals surface area contributed by atoms with Crippen molar-refractivity contribution in [1.82, 2.24) is 20.0 Å². The lowest BCUT2D eigenvalue weighted by molar-refractivity contribution is -0.115. The summed E-state index contributed by atoms with van der Waals surface area (Å²) in [4.78, 5) is 34.7. The number of carbonyl (C=O) groups is 2. The van der Waals surface area contributed by atoms with Crippen LogP contribution in [0.1, 0.15) is 21.5 Å². The van der Waals surface area contributed by atoms with Gasteiger partial charge in [0.1, 0.15) is 0 Å². The molecule has 3 aromatic carbocycles. The SMILES string of the molecule is CN1CCN(c2ccc(C(=O)Nc3cccc(CN4CCN(c5nnc(NC(=O)Cc6ccccc6)s5)CC4)c3)cc2)CC1. The van der Waals surface area contributed by atoms with Gasteiger partial charge in [-0.3, -0.25) is 14.5 Å². The van der Waals surface area contributed by atoms with E-state index in [4.69, 9.17) is 0 Å². The second-order valence-electron chi connectivity index (χ2n) is 11.4. The lowest BCUT2D eigenvalue weighted by atomic mass is 10.1. The molecule has 6 rings (SSSR count). The van der Waals surface area contributed by atoms with Crippen LogP contribution in [0.5, 0.6) is 0 Å². The number of carbonyl (C=O) groups excluding carboxylic acids is 2. The van der Waals surface area contributed by atoms with E-state index in [1.54, 1.807) is 0 Å². The summed E-state index contributed by atoms with van der Waals surface area (Å²) in [5, 5.41) is 15.8. The molecular formula is C33H38N8O2S. The largest absolute Gasteiger partial charge is 0.369 e. The highest BCUT2D eigenvalue weighted by Crippen LogP contribution is 2.26. The lowest BCUT2D eigenvalue weighted by Gasteiger charge is -2.34. The van der Waals surface area contributed by atoms with Crippen LogP contribution in [-0.2, 0) is 17.8 Å². The zero-order valence-electron chi connectivity index (χ0n) is 25.0. The first-order chi connectivity index (χ1) is 21.5. The van der Waals surface area contributed by atoms with Crippen molar-refractivity contribution >= 4 is 44.8 Å². The molecule has 1 aromatic heterocycles. The number of anilines is 4. The monoisotopic (exact) mass is 610 g/mol. The summed E-state index contributed by atoms with van der Waals surface area (Å²) in [5.74, 6) is -0.199. The van der Waals surface area contributed by atoms with Crippen molar-refractivity contribution in [2.45, 2.75) is 13.0 Å². The number of likely N-dealkylation sites (N-methyl/N-ethyl adjacent to an activating group) is 1. The van der Waals surface area contributed by atoms with E-state index >= 15 is 0 Å². The molecular weight excluding hydrogens is 572 g/mol. The Kier molecular flexibility index (Phi) is 9.45. The molecule has 0 atom stereocenters. The van der Waals surface area contributed by atoms with E-state index in [9.17, 15) is 9.59 Å². The van der Waals surface area contributed by atoms with E-state index in [2.05, 4.69) is 59.6 Å². The minimum atomic E-state index is -0.103. The van der Waals surface area contributed by atoms with Crippen molar-refractivity contribution in [3.8, 4) is 0 Å². The van der Waals surface area contributed by atoms with Crippen LogP contribution in [-0.4, -0.2) is 91.2 Å². The van der Waals surface area contributed by atoms with Gasteiger partial charge in [-0.1, -0.05) is 53.8 Å². The summed E-state index contributed by atoms with van der Waals surface area (Å²) in [6.45, 7) is 8.32. The summed E-state index contributed by atoms with van der Waals surface area (Å²) in [6, 6.07) is 25.6. The molecule has 4 aromatic rings. The number of nitrogens with zero attached hydrogens (tertiary/aromatic N) is 6. The fraction of sp³-hybridized carbons (Fsp3) is 0.333. The average Bonchev–Trinajstić information content (AvgIpc) is 3.51. The molecule has 11 heteroatoms. The number of aromatic nitrogens is 2. The van der Waals surface area contributed by atoms with Gasteiger partial charge in [0.2, 0.25) is 16.2 Å². The Morgan fingerprint density at radius 2 is 1.45 bits per heavy atom. The van der Waals surface area contributed by atoms with Gasteiger partial charge >= 0.3 is 0 Å². The molecule has 0 spiro atoms. The van der Waals surface area contributed by atoms with Crippen molar-refractivity contribution in [1.29, 1.82) is 0 Å². The van der Waals surface area contributed by atoms with Crippen LogP contribution < -0.4 is 20.4 Å². The number of rotatable bonds is 9. The van der Waals surface area contributed by atoms with Crippen LogP contribution in [0, 0.1) is 0 Å². The molecule has 0 saturated carbocycles. The number of hydrogen-bond acceptors (Lipinski definition) is 9. The van der Waals surface area contributed by atoms with Crippen LogP contribution in [0.15, 0.2) is 78.9 Å². The Hall–Kier alpha value is -4.32. The highest BCUT2D eigenvalue weighted by atomic mass is 32.1. The Balaban J connectivity index is 0.964. The van der Waals surface area contributed by atoms with Crippen LogP contribution in [0.4, 0.5) is 21.6 Å². The maximum absolute atomic E-state index is 13.0. The van der Waals surface area contributed by atoms with E-state index in [0.717, 1.165) is 86.5 Å². The average molecular weight is 611 g/mol. The molecule has 0 radical (unpaired) electrons. The lowest BCUT2D eigenvalue weighted by Crippen LogP contribution is -2.45. The molecule has 0 bridgehead atoms. The number of hydrogen-bond donors (Lipinski definition) is 2. The van der Waals surface area contributed by atoms with Gasteiger partial charge in [-0.25, -0.2) is 0 Å². The molecule has 2 aliphatic rings. The summed E-state index contributed by atoms with van der Waals surface area (Å²) in [5.41, 5.74) is 4.73. The van der Waals surface area contributed by atoms with Gasteiger partial charge in [0.05, 0.1) is 6.42 Å². The fourth-order valence-electron chi connectivity index (χ4n) is 5.53. The molecule has 2 saturated heterocycles. The Morgan fingerprint density at radius 3 is 2.20 bits per heavy atom. The number of benzene rings is 3. The summed E-state index contributed by atoms with van der Waals surface area (Å²) in [7, 11) is 2.15. The minimum Gasteiger partial charge on any atom is -0.369 e. The molecule has 2 fully saturated rings. The van der Waals surface area contributed by atoms with Gasteiger partial charge in [-0.05, 0) is 54.6 Å². The van der Waals surface area contributed by atoms with Gasteiger partial charge in [0, 0.05) is 75.8 Å². The number of nitrogens with one attached hydrogen (secondary N) is 2. The minimum absolute atomic E-state index is 0.0961. The van der Waals surface area contributed by atoms with Crippen LogP contribution in [0.3, 0.4) is 0 Å². The van der Waals surface area contributed by atoms with Crippen molar-refractivity contribution in [2.75, 3.05) is 79.8 Å². The Bertz CT molecular complexity index is 1550. The third kappa shape index (κ3) is 7.79. The Labute approximate surface area is 262 Å². The molecule has 0 unspecified atom stereocenters. The van der Waals surface area contributed by atoms with Gasteiger partial charge in [0.25, 0.3) is 5.91 Å². The molecule has 44 heavy (non-hydrogen) atoms. The summed E-state index contributed by atoms with van der Waals surface area (Å²) < 4.78 is 0. The summed E-state index contributed by atoms with van der Waals surface area (Å²) in [6.07, 6.45) is 0.309. The standard InChI is InChI=1S/C33H38N8O2S/c1-38-14-18-40(19-15-38)29-12-10-27(11-13-29)31(43)34-28-9-5-8-26(22-28)24-39-16-20-41(21-17-39)33-37-36-32(44-33)35-30(42)23-25-6-3-2-4-7-25/h2-13,22H,14-21,23-24H2,1H3,(H,34,43)(H,35,36,42). The second kappa shape index (κ2) is 14.0. The maximum atomic E-state index is 13.0. The topological polar surface area (TPSA) is 96.9 Å². The molecule has 228 valence electrons. The van der Waals surface area contributed by atoms with Crippen LogP contribution in [0.25, 0.3) is 0 Å². The predicted molar refractivity (Wildman–Crippen MR) is 177 cm³/mol. The van der Waals surface area contributed by atoms with E-state index < -0.39 is 0 Å². The van der Waals surface area contributed by atoms with Crippen molar-refractivity contribution in [3.05, 3.63) is 95.6 Å². The van der Waals surface area contributed by atoms with Gasteiger partial charge in [0.15, 0.2) is 0 Å². The van der Waals surface area contributed by atoms with E-state index in [1.807, 2.05) is 66.7 Å². The molecule has 0 aliphatic carbocycles. The normalized spacial score (nSPS) is 16.1. The van der Waals surface area contributed by atoms with Gasteiger partial charge in [-0.2, -0.15) is 0 Å². The maximum Gasteiger partial charge on any atom is 0.255 e. The molecule has 3 heterocycles. The van der Waals surface area contributed by atoms with E-state index in [1.165, 1.54) is 11.3 Å². The van der Waals surface area contributed by atoms with E-state index in [-0.39, 0.29) is 11.8 Å². The quantitative estimate of drug-likeness (QED) is 0.293. The number of amides is 2. The third-order valence-electron chi connectivity index (χ3n) is 8.10. The third-order valence-corrected chi connectivity index (χ3v) is 9.00. The van der Waals surface area contributed by atoms with Crippen molar-refractivity contribution < 1.29 is 9.59 Å². The van der Waals surface area contributed by atoms with Crippen LogP contribution in [0.2, 0.25) is 0 Å². The Morgan fingerprint density at radius 1 is 0.750 bits per heavy atom. The van der Waals surface area contributed by atoms with Crippen LogP contribution >= 0.6 is 11.3 Å². The molecule has 2 N–H and O–H groups in total. The molecule has 2 aliphatic heterocycles. The predicted octanol–water partition coefficient (Wildman–Crippen LogP) is 4.05. The smallest absolute Gasteiger partial charge is 0.255 e. The highest BCUT2D eigenvalue weighted by Gasteiger charge is 2.21. The van der Waals surface area contributed by atoms with Gasteiger partial charge in [-0.15, -0.1) is 10.2 Å². The highest BCUT2D eigenvalue weighted by molar-refractivity contribution is 7.19. The fourth-order valence-corrected chi connectivity index (χ4v) is 6.35. The first-order valence-corrected chi connectivity index (χ1v) is 15.9. The molecule has 10 nitrogen and oxygen atoms in total. The van der Waals surface area contributed by atoms with E-state index in [0.29, 0.717) is 17.1 Å². The van der Waals surface area contributed by atoms with Gasteiger partial charge < -0.3 is 25.3 Å². The van der Waals surface area contributed by atoms with Crippen molar-refractivity contribution in [2.24, 2.45) is 0 Å². The zero-order valence-corrected chi connectivity index (χ0v) is 25.8. The number of piperazine rings is 2. The summed E-state index contributed by atoms with van der Waals surface area (Å²) >= 11 is 1.41. The van der Waals surface area contributed by atoms with Crippen molar-refractivity contribution in [3.63, 3.8) is 0 Å². The molecule has 2 amide bonds. The first kappa shape index (κ1) is 29.7. The zero-order chi connectivity index (χ0) is 30.3.